The van der Waals surface area contributed by atoms with Crippen molar-refractivity contribution in [1.29, 1.82) is 0 Å². The van der Waals surface area contributed by atoms with Gasteiger partial charge in [-0.25, -0.2) is 9.97 Å². The number of H-pyrrole nitrogens is 2. The Balaban J connectivity index is 1.81. The van der Waals surface area contributed by atoms with E-state index in [1.165, 1.54) is 0 Å². The first-order chi connectivity index (χ1) is 10.5. The maximum Gasteiger partial charge on any atom is 0.271 e. The smallest absolute Gasteiger partial charge is 0.271 e. The van der Waals surface area contributed by atoms with Crippen LogP contribution in [0.1, 0.15) is 30.0 Å². The quantitative estimate of drug-likeness (QED) is 0.643. The first-order valence-corrected chi connectivity index (χ1v) is 7.34. The number of amides is 1. The third kappa shape index (κ3) is 2.07. The Kier molecular flexibility index (Phi) is 2.63. The molecule has 3 N–H and O–H groups in total. The summed E-state index contributed by atoms with van der Waals surface area (Å²) in [5, 5.41) is 2.93. The molecule has 6 nitrogen and oxygen atoms in total. The van der Waals surface area contributed by atoms with Crippen LogP contribution in [0.25, 0.3) is 22.7 Å². The van der Waals surface area contributed by atoms with E-state index in [1.807, 2.05) is 24.3 Å². The average Bonchev–Trinajstić information content (AvgIpc) is 3.05. The molecular weight excluding hydrogens is 278 g/mol. The standard InChI is InChI=1S/C16H17N5O/c1-16(2)7-11-12(15(22)17-8-16)21-14(20-11)13-18-9-5-3-4-6-10(9)19-13/h3-6H,7-8H2,1-2H3,(H,17,22)(H,18,19)(H,20,21). The molecule has 3 heterocycles. The predicted octanol–water partition coefficient (Wildman–Crippen LogP) is 2.27. The van der Waals surface area contributed by atoms with E-state index in [-0.39, 0.29) is 11.3 Å². The molecule has 0 atom stereocenters. The fourth-order valence-corrected chi connectivity index (χ4v) is 2.85. The van der Waals surface area contributed by atoms with Gasteiger partial charge in [0.05, 0.1) is 11.0 Å². The van der Waals surface area contributed by atoms with Crippen LogP contribution in [-0.2, 0) is 6.42 Å². The van der Waals surface area contributed by atoms with E-state index in [0.29, 0.717) is 23.9 Å². The number of para-hydroxylation sites is 2. The molecule has 0 saturated carbocycles. The third-order valence-corrected chi connectivity index (χ3v) is 3.99. The molecule has 0 fully saturated rings. The zero-order valence-electron chi connectivity index (χ0n) is 12.5. The van der Waals surface area contributed by atoms with Gasteiger partial charge in [0, 0.05) is 12.2 Å². The summed E-state index contributed by atoms with van der Waals surface area (Å²) in [4.78, 5) is 27.7. The highest BCUT2D eigenvalue weighted by atomic mass is 16.1. The first-order valence-electron chi connectivity index (χ1n) is 7.34. The Morgan fingerprint density at radius 3 is 2.68 bits per heavy atom. The maximum atomic E-state index is 12.2. The predicted molar refractivity (Wildman–Crippen MR) is 83.5 cm³/mol. The fraction of sp³-hybridized carbons (Fsp3) is 0.312. The highest BCUT2D eigenvalue weighted by Gasteiger charge is 2.30. The number of nitrogens with one attached hydrogen (secondary N) is 3. The van der Waals surface area contributed by atoms with Crippen LogP contribution in [0.15, 0.2) is 24.3 Å². The second-order valence-corrected chi connectivity index (χ2v) is 6.54. The molecule has 0 bridgehead atoms. The number of rotatable bonds is 1. The maximum absolute atomic E-state index is 12.2. The number of aromatic nitrogens is 4. The van der Waals surface area contributed by atoms with Crippen molar-refractivity contribution < 1.29 is 4.79 Å². The van der Waals surface area contributed by atoms with Gasteiger partial charge in [0.15, 0.2) is 11.6 Å². The molecule has 6 heteroatoms. The Morgan fingerprint density at radius 2 is 1.86 bits per heavy atom. The lowest BCUT2D eigenvalue weighted by Crippen LogP contribution is -2.32. The summed E-state index contributed by atoms with van der Waals surface area (Å²) >= 11 is 0. The molecule has 2 aromatic heterocycles. The molecule has 1 amide bonds. The Bertz CT molecular complexity index is 841. The number of hydrogen-bond donors (Lipinski definition) is 3. The van der Waals surface area contributed by atoms with Crippen LogP contribution in [-0.4, -0.2) is 32.4 Å². The van der Waals surface area contributed by atoms with Crippen molar-refractivity contribution in [1.82, 2.24) is 25.3 Å². The minimum absolute atomic E-state index is 0.00140. The average molecular weight is 295 g/mol. The Labute approximate surface area is 127 Å². The Hall–Kier alpha value is -2.63. The highest BCUT2D eigenvalue weighted by Crippen LogP contribution is 2.27. The zero-order valence-corrected chi connectivity index (χ0v) is 12.5. The lowest BCUT2D eigenvalue weighted by atomic mass is 9.88. The van der Waals surface area contributed by atoms with Crippen LogP contribution in [0.2, 0.25) is 0 Å². The van der Waals surface area contributed by atoms with E-state index in [2.05, 4.69) is 39.1 Å². The largest absolute Gasteiger partial charge is 0.350 e. The number of benzene rings is 1. The topological polar surface area (TPSA) is 86.5 Å². The van der Waals surface area contributed by atoms with Crippen molar-refractivity contribution in [2.24, 2.45) is 5.41 Å². The van der Waals surface area contributed by atoms with Crippen molar-refractivity contribution in [2.75, 3.05) is 6.54 Å². The van der Waals surface area contributed by atoms with Crippen LogP contribution >= 0.6 is 0 Å². The van der Waals surface area contributed by atoms with E-state index in [4.69, 9.17) is 0 Å². The van der Waals surface area contributed by atoms with Gasteiger partial charge >= 0.3 is 0 Å². The summed E-state index contributed by atoms with van der Waals surface area (Å²) < 4.78 is 0. The van der Waals surface area contributed by atoms with Gasteiger partial charge in [-0.15, -0.1) is 0 Å². The van der Waals surface area contributed by atoms with Gasteiger partial charge in [-0.2, -0.15) is 0 Å². The third-order valence-electron chi connectivity index (χ3n) is 3.99. The highest BCUT2D eigenvalue weighted by molar-refractivity contribution is 5.94. The molecule has 1 aliphatic rings. The van der Waals surface area contributed by atoms with E-state index < -0.39 is 0 Å². The van der Waals surface area contributed by atoms with Crippen molar-refractivity contribution in [2.45, 2.75) is 20.3 Å². The van der Waals surface area contributed by atoms with Crippen LogP contribution in [0, 0.1) is 5.41 Å². The van der Waals surface area contributed by atoms with E-state index >= 15 is 0 Å². The second-order valence-electron chi connectivity index (χ2n) is 6.54. The lowest BCUT2D eigenvalue weighted by Gasteiger charge is -2.21. The number of hydrogen-bond acceptors (Lipinski definition) is 3. The minimum Gasteiger partial charge on any atom is -0.350 e. The van der Waals surface area contributed by atoms with Crippen LogP contribution in [0.5, 0.6) is 0 Å². The zero-order chi connectivity index (χ0) is 15.3. The number of carbonyl (C=O) groups is 1. The van der Waals surface area contributed by atoms with Crippen molar-refractivity contribution in [3.05, 3.63) is 35.7 Å². The second kappa shape index (κ2) is 4.43. The number of nitrogens with zero attached hydrogens (tertiary/aromatic N) is 2. The van der Waals surface area contributed by atoms with Crippen LogP contribution in [0.4, 0.5) is 0 Å². The van der Waals surface area contributed by atoms with Crippen molar-refractivity contribution in [3.8, 4) is 11.6 Å². The normalized spacial score (nSPS) is 17.1. The molecule has 0 saturated heterocycles. The summed E-state index contributed by atoms with van der Waals surface area (Å²) in [7, 11) is 0. The van der Waals surface area contributed by atoms with Gasteiger partial charge in [0.25, 0.3) is 5.91 Å². The number of carbonyl (C=O) groups excluding carboxylic acids is 1. The van der Waals surface area contributed by atoms with Crippen LogP contribution in [0.3, 0.4) is 0 Å². The molecule has 1 aliphatic heterocycles. The summed E-state index contributed by atoms with van der Waals surface area (Å²) in [5.41, 5.74) is 3.18. The number of imidazole rings is 2. The summed E-state index contributed by atoms with van der Waals surface area (Å²) in [6.07, 6.45) is 0.772. The summed E-state index contributed by atoms with van der Waals surface area (Å²) in [5.74, 6) is 1.13. The molecular formula is C16H17N5O. The van der Waals surface area contributed by atoms with E-state index in [0.717, 1.165) is 23.1 Å². The lowest BCUT2D eigenvalue weighted by molar-refractivity contribution is 0.0940. The molecule has 0 unspecified atom stereocenters. The van der Waals surface area contributed by atoms with Gasteiger partial charge in [0.1, 0.15) is 5.69 Å². The summed E-state index contributed by atoms with van der Waals surface area (Å²) in [6, 6.07) is 7.81. The molecule has 0 radical (unpaired) electrons. The van der Waals surface area contributed by atoms with E-state index in [9.17, 15) is 4.79 Å². The SMILES string of the molecule is CC1(C)CNC(=O)c2nc(-c3nc4ccccc4[nH]3)[nH]c2C1. The van der Waals surface area contributed by atoms with Crippen LogP contribution < -0.4 is 5.32 Å². The summed E-state index contributed by atoms with van der Waals surface area (Å²) in [6.45, 7) is 4.91. The van der Waals surface area contributed by atoms with Gasteiger partial charge in [-0.3, -0.25) is 4.79 Å². The molecule has 1 aromatic carbocycles. The van der Waals surface area contributed by atoms with E-state index in [1.54, 1.807) is 0 Å². The van der Waals surface area contributed by atoms with Gasteiger partial charge in [0.2, 0.25) is 0 Å². The number of fused-ring (bicyclic) bond motifs is 2. The van der Waals surface area contributed by atoms with Crippen molar-refractivity contribution >= 4 is 16.9 Å². The molecule has 0 spiro atoms. The number of aromatic amines is 2. The first kappa shape index (κ1) is 13.1. The molecule has 4 rings (SSSR count). The molecule has 0 aliphatic carbocycles. The van der Waals surface area contributed by atoms with Gasteiger partial charge < -0.3 is 15.3 Å². The molecule has 112 valence electrons. The monoisotopic (exact) mass is 295 g/mol. The molecule has 22 heavy (non-hydrogen) atoms. The van der Waals surface area contributed by atoms with Gasteiger partial charge in [-0.1, -0.05) is 26.0 Å². The minimum atomic E-state index is -0.126. The van der Waals surface area contributed by atoms with Gasteiger partial charge in [-0.05, 0) is 24.0 Å². The van der Waals surface area contributed by atoms with Crippen molar-refractivity contribution in [3.63, 3.8) is 0 Å². The molecule has 3 aromatic rings. The fourth-order valence-electron chi connectivity index (χ4n) is 2.85. The Morgan fingerprint density at radius 1 is 1.09 bits per heavy atom.